The van der Waals surface area contributed by atoms with Crippen molar-refractivity contribution in [1.82, 2.24) is 4.90 Å². The Kier molecular flexibility index (Phi) is 4.85. The van der Waals surface area contributed by atoms with Gasteiger partial charge in [-0.05, 0) is 38.0 Å². The normalized spacial score (nSPS) is 18.8. The predicted molar refractivity (Wildman–Crippen MR) is 79.7 cm³/mol. The summed E-state index contributed by atoms with van der Waals surface area (Å²) in [5, 5.41) is 8.66. The zero-order chi connectivity index (χ0) is 15.5. The van der Waals surface area contributed by atoms with Gasteiger partial charge >= 0.3 is 5.97 Å². The fraction of sp³-hybridized carbons (Fsp3) is 0.562. The molecule has 1 atom stereocenters. The van der Waals surface area contributed by atoms with Crippen molar-refractivity contribution in [2.24, 2.45) is 0 Å². The maximum atomic E-state index is 10.5. The molecule has 1 aliphatic rings. The van der Waals surface area contributed by atoms with E-state index in [1.54, 1.807) is 7.11 Å². The molecule has 1 aliphatic heterocycles. The average Bonchev–Trinajstić information content (AvgIpc) is 2.43. The molecule has 0 saturated carbocycles. The van der Waals surface area contributed by atoms with Gasteiger partial charge in [-0.3, -0.25) is 4.90 Å². The van der Waals surface area contributed by atoms with Crippen molar-refractivity contribution in [3.63, 3.8) is 0 Å². The van der Waals surface area contributed by atoms with Crippen LogP contribution in [0.1, 0.15) is 19.4 Å². The largest absolute Gasteiger partial charge is 0.497 e. The minimum absolute atomic E-state index is 0.225. The Morgan fingerprint density at radius 2 is 2.00 bits per heavy atom. The third-order valence-electron chi connectivity index (χ3n) is 3.93. The molecule has 2 rings (SSSR count). The van der Waals surface area contributed by atoms with E-state index in [4.69, 9.17) is 14.6 Å². The first-order valence-corrected chi connectivity index (χ1v) is 7.14. The highest BCUT2D eigenvalue weighted by molar-refractivity contribution is 5.68. The summed E-state index contributed by atoms with van der Waals surface area (Å²) in [5.74, 6) is -0.0500. The first kappa shape index (κ1) is 15.8. The van der Waals surface area contributed by atoms with E-state index in [9.17, 15) is 4.79 Å². The molecule has 1 fully saturated rings. The van der Waals surface area contributed by atoms with E-state index < -0.39 is 5.97 Å². The Labute approximate surface area is 125 Å². The summed E-state index contributed by atoms with van der Waals surface area (Å²) in [6, 6.07) is 8.50. The third kappa shape index (κ3) is 4.19. The van der Waals surface area contributed by atoms with E-state index in [0.29, 0.717) is 6.04 Å². The summed E-state index contributed by atoms with van der Waals surface area (Å²) in [7, 11) is 1.66. The topological polar surface area (TPSA) is 59.0 Å². The number of likely N-dealkylation sites (tertiary alicyclic amines) is 1. The van der Waals surface area contributed by atoms with Gasteiger partial charge in [0.05, 0.1) is 12.7 Å². The lowest BCUT2D eigenvalue weighted by Gasteiger charge is -2.50. The molecule has 1 unspecified atom stereocenters. The quantitative estimate of drug-likeness (QED) is 0.830. The summed E-state index contributed by atoms with van der Waals surface area (Å²) in [5.41, 5.74) is 0.940. The smallest absolute Gasteiger partial charge is 0.329 e. The number of carboxylic acids is 1. The fourth-order valence-corrected chi connectivity index (χ4v) is 2.68. The minimum atomic E-state index is -0.916. The number of carboxylic acid groups (broad SMARTS) is 1. The van der Waals surface area contributed by atoms with Gasteiger partial charge in [0, 0.05) is 19.1 Å². The van der Waals surface area contributed by atoms with Crippen LogP contribution in [-0.2, 0) is 16.0 Å². The van der Waals surface area contributed by atoms with E-state index in [1.807, 2.05) is 19.1 Å². The number of aliphatic carboxylic acids is 1. The molecule has 1 aromatic rings. The second kappa shape index (κ2) is 6.45. The zero-order valence-corrected chi connectivity index (χ0v) is 12.8. The van der Waals surface area contributed by atoms with Crippen molar-refractivity contribution in [3.8, 4) is 5.75 Å². The molecule has 1 N–H and O–H groups in total. The van der Waals surface area contributed by atoms with Crippen LogP contribution in [0.25, 0.3) is 0 Å². The van der Waals surface area contributed by atoms with Crippen molar-refractivity contribution in [1.29, 1.82) is 0 Å². The van der Waals surface area contributed by atoms with Crippen molar-refractivity contribution >= 4 is 5.97 Å². The van der Waals surface area contributed by atoms with Gasteiger partial charge < -0.3 is 14.6 Å². The zero-order valence-electron chi connectivity index (χ0n) is 12.8. The summed E-state index contributed by atoms with van der Waals surface area (Å²) in [6.07, 6.45) is 0.957. The fourth-order valence-electron chi connectivity index (χ4n) is 2.68. The molecule has 1 heterocycles. The summed E-state index contributed by atoms with van der Waals surface area (Å²) in [4.78, 5) is 12.9. The maximum Gasteiger partial charge on any atom is 0.329 e. The number of methoxy groups -OCH3 is 1. The lowest BCUT2D eigenvalue weighted by atomic mass is 9.92. The molecule has 5 nitrogen and oxygen atoms in total. The van der Waals surface area contributed by atoms with Crippen molar-refractivity contribution in [3.05, 3.63) is 29.8 Å². The molecule has 0 spiro atoms. The van der Waals surface area contributed by atoms with Crippen LogP contribution in [0.5, 0.6) is 5.75 Å². The Hall–Kier alpha value is -1.59. The number of hydrogen-bond acceptors (Lipinski definition) is 4. The van der Waals surface area contributed by atoms with Crippen LogP contribution < -0.4 is 4.74 Å². The van der Waals surface area contributed by atoms with Crippen LogP contribution in [-0.4, -0.2) is 54.4 Å². The molecular weight excluding hydrogens is 270 g/mol. The summed E-state index contributed by atoms with van der Waals surface area (Å²) >= 11 is 0. The number of rotatable bonds is 7. The molecule has 0 amide bonds. The Morgan fingerprint density at radius 3 is 2.52 bits per heavy atom. The van der Waals surface area contributed by atoms with Gasteiger partial charge in [0.1, 0.15) is 12.4 Å². The molecule has 5 heteroatoms. The predicted octanol–water partition coefficient (Wildman–Crippen LogP) is 1.80. The van der Waals surface area contributed by atoms with E-state index in [1.165, 1.54) is 5.56 Å². The number of carbonyl (C=O) groups is 1. The highest BCUT2D eigenvalue weighted by Gasteiger charge is 2.42. The van der Waals surface area contributed by atoms with Crippen LogP contribution in [0.2, 0.25) is 0 Å². The van der Waals surface area contributed by atoms with E-state index in [2.05, 4.69) is 24.0 Å². The van der Waals surface area contributed by atoms with Gasteiger partial charge in [-0.25, -0.2) is 4.79 Å². The monoisotopic (exact) mass is 293 g/mol. The molecule has 0 aliphatic carbocycles. The second-order valence-corrected chi connectivity index (χ2v) is 5.94. The molecule has 116 valence electrons. The van der Waals surface area contributed by atoms with Crippen LogP contribution in [0.4, 0.5) is 0 Å². The highest BCUT2D eigenvalue weighted by Crippen LogP contribution is 2.28. The van der Waals surface area contributed by atoms with Gasteiger partial charge in [-0.1, -0.05) is 12.1 Å². The number of hydrogen-bond donors (Lipinski definition) is 1. The van der Waals surface area contributed by atoms with Crippen molar-refractivity contribution in [2.45, 2.75) is 31.9 Å². The Bertz CT molecular complexity index is 480. The Balaban J connectivity index is 1.80. The summed E-state index contributed by atoms with van der Waals surface area (Å²) in [6.45, 7) is 5.47. The van der Waals surface area contributed by atoms with Gasteiger partial charge in [0.2, 0.25) is 0 Å². The van der Waals surface area contributed by atoms with Crippen LogP contribution in [0.15, 0.2) is 24.3 Å². The lowest BCUT2D eigenvalue weighted by Crippen LogP contribution is -2.64. The highest BCUT2D eigenvalue weighted by atomic mass is 16.5. The standard InChI is InChI=1S/C16H23NO4/c1-12(8-13-4-6-14(20-3)7-5-13)17-10-16(2,11-17)21-9-15(18)19/h4-7,12H,8-11H2,1-3H3,(H,18,19). The van der Waals surface area contributed by atoms with Crippen molar-refractivity contribution < 1.29 is 19.4 Å². The molecule has 1 aromatic carbocycles. The molecule has 21 heavy (non-hydrogen) atoms. The maximum absolute atomic E-state index is 10.5. The molecule has 1 saturated heterocycles. The average molecular weight is 293 g/mol. The van der Waals surface area contributed by atoms with E-state index in [-0.39, 0.29) is 12.2 Å². The molecule has 0 bridgehead atoms. The van der Waals surface area contributed by atoms with Crippen LogP contribution in [0.3, 0.4) is 0 Å². The van der Waals surface area contributed by atoms with E-state index in [0.717, 1.165) is 25.3 Å². The number of nitrogens with zero attached hydrogens (tertiary/aromatic N) is 1. The SMILES string of the molecule is COc1ccc(CC(C)N2CC(C)(OCC(=O)O)C2)cc1. The second-order valence-electron chi connectivity index (χ2n) is 5.94. The van der Waals surface area contributed by atoms with Gasteiger partial charge in [0.15, 0.2) is 0 Å². The van der Waals surface area contributed by atoms with Crippen LogP contribution in [0, 0.1) is 0 Å². The third-order valence-corrected chi connectivity index (χ3v) is 3.93. The number of ether oxygens (including phenoxy) is 2. The Morgan fingerprint density at radius 1 is 1.38 bits per heavy atom. The molecule has 0 radical (unpaired) electrons. The van der Waals surface area contributed by atoms with Gasteiger partial charge in [-0.15, -0.1) is 0 Å². The van der Waals surface area contributed by atoms with Gasteiger partial charge in [-0.2, -0.15) is 0 Å². The first-order chi connectivity index (χ1) is 9.92. The van der Waals surface area contributed by atoms with Crippen LogP contribution >= 0.6 is 0 Å². The van der Waals surface area contributed by atoms with E-state index >= 15 is 0 Å². The summed E-state index contributed by atoms with van der Waals surface area (Å²) < 4.78 is 10.6. The molecule has 0 aromatic heterocycles. The molecular formula is C16H23NO4. The number of benzene rings is 1. The van der Waals surface area contributed by atoms with Crippen molar-refractivity contribution in [2.75, 3.05) is 26.8 Å². The lowest BCUT2D eigenvalue weighted by molar-refractivity contribution is -0.168. The first-order valence-electron chi connectivity index (χ1n) is 7.14. The minimum Gasteiger partial charge on any atom is -0.497 e. The van der Waals surface area contributed by atoms with Gasteiger partial charge in [0.25, 0.3) is 0 Å².